The van der Waals surface area contributed by atoms with Gasteiger partial charge in [0.2, 0.25) is 0 Å². The molecule has 7 heteroatoms. The molecule has 3 aromatic rings. The number of fused-ring (bicyclic) bond motifs is 1. The SMILES string of the molecule is CCCNC(=O)c1ccc2c(=O)n(C[C@H]3CCCO3)c(SCc3ccc(C)cc3)nc2c1. The highest BCUT2D eigenvalue weighted by atomic mass is 32.2. The van der Waals surface area contributed by atoms with Crippen molar-refractivity contribution < 1.29 is 9.53 Å². The number of rotatable bonds is 8. The number of carbonyl (C=O) groups excluding carboxylic acids is 1. The molecule has 168 valence electrons. The van der Waals surface area contributed by atoms with Crippen LogP contribution < -0.4 is 10.9 Å². The molecule has 0 spiro atoms. The molecule has 1 aliphatic heterocycles. The van der Waals surface area contributed by atoms with Crippen molar-refractivity contribution in [2.75, 3.05) is 13.2 Å². The third-order valence-electron chi connectivity index (χ3n) is 5.62. The van der Waals surface area contributed by atoms with Crippen LogP contribution in [0.5, 0.6) is 0 Å². The first kappa shape index (κ1) is 22.6. The Balaban J connectivity index is 1.69. The quantitative estimate of drug-likeness (QED) is 0.408. The van der Waals surface area contributed by atoms with Gasteiger partial charge in [-0.2, -0.15) is 0 Å². The minimum atomic E-state index is -0.145. The minimum absolute atomic E-state index is 0.0322. The molecule has 1 fully saturated rings. The van der Waals surface area contributed by atoms with Gasteiger partial charge in [-0.15, -0.1) is 0 Å². The normalized spacial score (nSPS) is 15.9. The summed E-state index contributed by atoms with van der Waals surface area (Å²) in [6.45, 7) is 5.93. The van der Waals surface area contributed by atoms with E-state index < -0.39 is 0 Å². The summed E-state index contributed by atoms with van der Waals surface area (Å²) in [6, 6.07) is 13.5. The molecule has 1 N–H and O–H groups in total. The van der Waals surface area contributed by atoms with E-state index >= 15 is 0 Å². The molecule has 1 atom stereocenters. The summed E-state index contributed by atoms with van der Waals surface area (Å²) in [4.78, 5) is 30.6. The van der Waals surface area contributed by atoms with Gasteiger partial charge in [0.05, 0.1) is 23.6 Å². The largest absolute Gasteiger partial charge is 0.376 e. The summed E-state index contributed by atoms with van der Waals surface area (Å²) >= 11 is 1.54. The highest BCUT2D eigenvalue weighted by molar-refractivity contribution is 7.98. The fraction of sp³-hybridized carbons (Fsp3) is 0.400. The fourth-order valence-corrected chi connectivity index (χ4v) is 4.74. The van der Waals surface area contributed by atoms with Crippen molar-refractivity contribution in [3.8, 4) is 0 Å². The summed E-state index contributed by atoms with van der Waals surface area (Å²) in [5, 5.41) is 4.06. The molecule has 2 heterocycles. The highest BCUT2D eigenvalue weighted by Crippen LogP contribution is 2.24. The van der Waals surface area contributed by atoms with Crippen LogP contribution in [0.3, 0.4) is 0 Å². The van der Waals surface area contributed by atoms with E-state index in [4.69, 9.17) is 9.72 Å². The van der Waals surface area contributed by atoms with E-state index in [1.165, 1.54) is 11.1 Å². The lowest BCUT2D eigenvalue weighted by molar-refractivity contribution is 0.0937. The van der Waals surface area contributed by atoms with Crippen molar-refractivity contribution in [2.24, 2.45) is 0 Å². The zero-order valence-corrected chi connectivity index (χ0v) is 19.4. The number of hydrogen-bond donors (Lipinski definition) is 1. The van der Waals surface area contributed by atoms with Crippen molar-refractivity contribution in [1.29, 1.82) is 0 Å². The molecule has 0 unspecified atom stereocenters. The Morgan fingerprint density at radius 3 is 2.78 bits per heavy atom. The number of amides is 1. The van der Waals surface area contributed by atoms with Crippen LogP contribution in [0.4, 0.5) is 0 Å². The molecule has 32 heavy (non-hydrogen) atoms. The van der Waals surface area contributed by atoms with Gasteiger partial charge in [-0.05, 0) is 49.9 Å². The van der Waals surface area contributed by atoms with Gasteiger partial charge in [0.1, 0.15) is 0 Å². The maximum atomic E-state index is 13.4. The Morgan fingerprint density at radius 1 is 1.25 bits per heavy atom. The molecule has 1 aliphatic rings. The van der Waals surface area contributed by atoms with Crippen LogP contribution in [-0.4, -0.2) is 34.7 Å². The van der Waals surface area contributed by atoms with E-state index in [0.717, 1.165) is 25.9 Å². The minimum Gasteiger partial charge on any atom is -0.376 e. The third kappa shape index (κ3) is 5.22. The van der Waals surface area contributed by atoms with E-state index in [1.807, 2.05) is 6.92 Å². The smallest absolute Gasteiger partial charge is 0.262 e. The topological polar surface area (TPSA) is 73.2 Å². The molecular weight excluding hydrogens is 422 g/mol. The molecule has 6 nitrogen and oxygen atoms in total. The van der Waals surface area contributed by atoms with Gasteiger partial charge >= 0.3 is 0 Å². The molecule has 1 saturated heterocycles. The summed E-state index contributed by atoms with van der Waals surface area (Å²) < 4.78 is 7.54. The van der Waals surface area contributed by atoms with E-state index in [2.05, 4.69) is 36.5 Å². The first-order chi connectivity index (χ1) is 15.5. The van der Waals surface area contributed by atoms with Gasteiger partial charge in [0.25, 0.3) is 11.5 Å². The molecule has 0 bridgehead atoms. The molecule has 1 aromatic heterocycles. The average Bonchev–Trinajstić information content (AvgIpc) is 3.32. The highest BCUT2D eigenvalue weighted by Gasteiger charge is 2.21. The zero-order chi connectivity index (χ0) is 22.5. The average molecular weight is 452 g/mol. The Hall–Kier alpha value is -2.64. The molecular formula is C25H29N3O3S. The number of hydrogen-bond acceptors (Lipinski definition) is 5. The van der Waals surface area contributed by atoms with E-state index in [9.17, 15) is 9.59 Å². The second-order valence-corrected chi connectivity index (χ2v) is 9.15. The van der Waals surface area contributed by atoms with Crippen molar-refractivity contribution >= 4 is 28.6 Å². The van der Waals surface area contributed by atoms with Gasteiger partial charge in [-0.3, -0.25) is 14.2 Å². The lowest BCUT2D eigenvalue weighted by atomic mass is 10.1. The Labute approximate surface area is 192 Å². The number of benzene rings is 2. The molecule has 0 aliphatic carbocycles. The summed E-state index contributed by atoms with van der Waals surface area (Å²) in [7, 11) is 0. The Morgan fingerprint density at radius 2 is 2.06 bits per heavy atom. The van der Waals surface area contributed by atoms with Crippen molar-refractivity contribution in [3.05, 3.63) is 69.5 Å². The first-order valence-corrected chi connectivity index (χ1v) is 12.2. The summed E-state index contributed by atoms with van der Waals surface area (Å²) in [5.74, 6) is 0.563. The van der Waals surface area contributed by atoms with Gasteiger partial charge < -0.3 is 10.1 Å². The Kier molecular flexibility index (Phi) is 7.27. The van der Waals surface area contributed by atoms with Crippen LogP contribution in [0.25, 0.3) is 10.9 Å². The van der Waals surface area contributed by atoms with Crippen LogP contribution in [0.15, 0.2) is 52.4 Å². The number of aromatic nitrogens is 2. The summed E-state index contributed by atoms with van der Waals surface area (Å²) in [5.41, 5.74) is 3.37. The van der Waals surface area contributed by atoms with E-state index in [-0.39, 0.29) is 17.6 Å². The van der Waals surface area contributed by atoms with Gasteiger partial charge in [-0.25, -0.2) is 4.98 Å². The lowest BCUT2D eigenvalue weighted by Gasteiger charge is -2.17. The molecule has 1 amide bonds. The lowest BCUT2D eigenvalue weighted by Crippen LogP contribution is -2.29. The van der Waals surface area contributed by atoms with Gasteiger partial charge in [-0.1, -0.05) is 48.5 Å². The monoisotopic (exact) mass is 451 g/mol. The second kappa shape index (κ2) is 10.3. The van der Waals surface area contributed by atoms with Crippen LogP contribution in [0.2, 0.25) is 0 Å². The summed E-state index contributed by atoms with van der Waals surface area (Å²) in [6.07, 6.45) is 2.86. The van der Waals surface area contributed by atoms with Crippen LogP contribution >= 0.6 is 11.8 Å². The van der Waals surface area contributed by atoms with E-state index in [0.29, 0.717) is 40.5 Å². The van der Waals surface area contributed by atoms with Crippen molar-refractivity contribution in [3.63, 3.8) is 0 Å². The second-order valence-electron chi connectivity index (χ2n) is 8.21. The molecule has 2 aromatic carbocycles. The van der Waals surface area contributed by atoms with Gasteiger partial charge in [0.15, 0.2) is 5.16 Å². The van der Waals surface area contributed by atoms with E-state index in [1.54, 1.807) is 34.5 Å². The number of thioether (sulfide) groups is 1. The number of nitrogens with zero attached hydrogens (tertiary/aromatic N) is 2. The maximum Gasteiger partial charge on any atom is 0.262 e. The third-order valence-corrected chi connectivity index (χ3v) is 6.66. The molecule has 0 radical (unpaired) electrons. The number of aryl methyl sites for hydroxylation is 1. The van der Waals surface area contributed by atoms with Crippen molar-refractivity contribution in [2.45, 2.75) is 56.7 Å². The van der Waals surface area contributed by atoms with Crippen molar-refractivity contribution in [1.82, 2.24) is 14.9 Å². The zero-order valence-electron chi connectivity index (χ0n) is 18.6. The predicted octanol–water partition coefficient (Wildman–Crippen LogP) is 4.32. The molecule has 0 saturated carbocycles. The number of ether oxygens (including phenoxy) is 1. The molecule has 4 rings (SSSR count). The van der Waals surface area contributed by atoms with Crippen LogP contribution in [-0.2, 0) is 17.0 Å². The Bertz CT molecular complexity index is 1150. The maximum absolute atomic E-state index is 13.4. The number of nitrogens with one attached hydrogen (secondary N) is 1. The van der Waals surface area contributed by atoms with Crippen LogP contribution in [0.1, 0.15) is 47.7 Å². The first-order valence-electron chi connectivity index (χ1n) is 11.2. The standard InChI is InChI=1S/C25H29N3O3S/c1-3-12-26-23(29)19-10-11-21-22(14-19)27-25(32-16-18-8-6-17(2)7-9-18)28(24(21)30)15-20-5-4-13-31-20/h6-11,14,20H,3-5,12-13,15-16H2,1-2H3,(H,26,29)/t20-/m1/s1. The fourth-order valence-electron chi connectivity index (χ4n) is 3.78. The van der Waals surface area contributed by atoms with Gasteiger partial charge in [0, 0.05) is 24.5 Å². The van der Waals surface area contributed by atoms with Crippen LogP contribution in [0, 0.1) is 6.92 Å². The number of carbonyl (C=O) groups is 1. The predicted molar refractivity (Wildman–Crippen MR) is 128 cm³/mol.